The van der Waals surface area contributed by atoms with Crippen molar-refractivity contribution in [1.82, 2.24) is 4.90 Å². The molecule has 0 unspecified atom stereocenters. The lowest BCUT2D eigenvalue weighted by Crippen LogP contribution is -2.35. The van der Waals surface area contributed by atoms with E-state index in [4.69, 9.17) is 5.11 Å². The molecule has 2 aromatic carbocycles. The fourth-order valence-electron chi connectivity index (χ4n) is 2.02. The van der Waals surface area contributed by atoms with Crippen LogP contribution in [0.2, 0.25) is 0 Å². The molecule has 104 valence electrons. The van der Waals surface area contributed by atoms with Gasteiger partial charge in [-0.15, -0.1) is 0 Å². The van der Waals surface area contributed by atoms with Crippen LogP contribution in [-0.2, 0) is 4.79 Å². The number of carbonyl (C=O) groups is 2. The molecule has 0 fully saturated rings. The number of nitrogens with zero attached hydrogens (tertiary/aromatic N) is 1. The first-order valence-electron chi connectivity index (χ1n) is 6.21. The predicted molar refractivity (Wildman–Crippen MR) is 80.9 cm³/mol. The molecule has 0 atom stereocenters. The minimum atomic E-state index is -1.01. The van der Waals surface area contributed by atoms with E-state index >= 15 is 0 Å². The topological polar surface area (TPSA) is 57.6 Å². The number of hydrogen-bond donors (Lipinski definition) is 1. The predicted octanol–water partition coefficient (Wildman–Crippen LogP) is 3.15. The minimum absolute atomic E-state index is 0.264. The minimum Gasteiger partial charge on any atom is -0.480 e. The molecule has 1 N–H and O–H groups in total. The van der Waals surface area contributed by atoms with Crippen LogP contribution in [0.15, 0.2) is 40.9 Å². The van der Waals surface area contributed by atoms with Crippen LogP contribution in [0.5, 0.6) is 0 Å². The number of benzene rings is 2. The lowest BCUT2D eigenvalue weighted by molar-refractivity contribution is -0.137. The van der Waals surface area contributed by atoms with Gasteiger partial charge in [0, 0.05) is 16.6 Å². The standard InChI is InChI=1S/C15H14BrNO3/c1-2-17(9-14(18)19)15(20)12-4-3-11-8-13(16)6-5-10(11)7-12/h3-8H,2,9H2,1H3,(H,18,19). The van der Waals surface area contributed by atoms with E-state index in [9.17, 15) is 9.59 Å². The number of likely N-dealkylation sites (N-methyl/N-ethyl adjacent to an activating group) is 1. The van der Waals surface area contributed by atoms with Gasteiger partial charge < -0.3 is 10.0 Å². The molecule has 0 aliphatic carbocycles. The van der Waals surface area contributed by atoms with Gasteiger partial charge >= 0.3 is 5.97 Å². The molecule has 20 heavy (non-hydrogen) atoms. The first-order chi connectivity index (χ1) is 9.51. The highest BCUT2D eigenvalue weighted by Gasteiger charge is 2.17. The molecule has 2 rings (SSSR count). The second kappa shape index (κ2) is 6.05. The van der Waals surface area contributed by atoms with Gasteiger partial charge in [0.1, 0.15) is 6.54 Å². The third kappa shape index (κ3) is 3.17. The van der Waals surface area contributed by atoms with Crippen molar-refractivity contribution in [3.63, 3.8) is 0 Å². The average molecular weight is 336 g/mol. The first kappa shape index (κ1) is 14.5. The van der Waals surface area contributed by atoms with Gasteiger partial charge in [0.25, 0.3) is 5.91 Å². The zero-order chi connectivity index (χ0) is 14.7. The molecule has 0 aliphatic rings. The van der Waals surface area contributed by atoms with Crippen molar-refractivity contribution in [2.24, 2.45) is 0 Å². The zero-order valence-corrected chi connectivity index (χ0v) is 12.6. The maximum Gasteiger partial charge on any atom is 0.323 e. The summed E-state index contributed by atoms with van der Waals surface area (Å²) in [6.07, 6.45) is 0. The zero-order valence-electron chi connectivity index (χ0n) is 11.0. The quantitative estimate of drug-likeness (QED) is 0.933. The van der Waals surface area contributed by atoms with Crippen molar-refractivity contribution < 1.29 is 14.7 Å². The highest BCUT2D eigenvalue weighted by atomic mass is 79.9. The van der Waals surface area contributed by atoms with Crippen LogP contribution < -0.4 is 0 Å². The Morgan fingerprint density at radius 1 is 1.15 bits per heavy atom. The summed E-state index contributed by atoms with van der Waals surface area (Å²) in [6.45, 7) is 1.84. The van der Waals surface area contributed by atoms with Crippen molar-refractivity contribution in [3.05, 3.63) is 46.4 Å². The number of carboxylic acids is 1. The molecule has 0 saturated carbocycles. The number of rotatable bonds is 4. The number of carbonyl (C=O) groups excluding carboxylic acids is 1. The van der Waals surface area contributed by atoms with Gasteiger partial charge in [0.2, 0.25) is 0 Å². The summed E-state index contributed by atoms with van der Waals surface area (Å²) in [6, 6.07) is 11.2. The van der Waals surface area contributed by atoms with Crippen LogP contribution in [0.25, 0.3) is 10.8 Å². The van der Waals surface area contributed by atoms with E-state index in [0.717, 1.165) is 15.2 Å². The molecule has 0 bridgehead atoms. The number of carboxylic acid groups (broad SMARTS) is 1. The van der Waals surface area contributed by atoms with Crippen LogP contribution in [0.4, 0.5) is 0 Å². The highest BCUT2D eigenvalue weighted by Crippen LogP contribution is 2.21. The molecule has 0 radical (unpaired) electrons. The van der Waals surface area contributed by atoms with Gasteiger partial charge in [0.05, 0.1) is 0 Å². The van der Waals surface area contributed by atoms with Crippen molar-refractivity contribution in [2.75, 3.05) is 13.1 Å². The molecule has 0 heterocycles. The average Bonchev–Trinajstić information content (AvgIpc) is 2.43. The monoisotopic (exact) mass is 335 g/mol. The number of fused-ring (bicyclic) bond motifs is 1. The number of aliphatic carboxylic acids is 1. The Morgan fingerprint density at radius 3 is 2.45 bits per heavy atom. The van der Waals surface area contributed by atoms with Gasteiger partial charge in [0.15, 0.2) is 0 Å². The van der Waals surface area contributed by atoms with Gasteiger partial charge in [-0.25, -0.2) is 0 Å². The van der Waals surface area contributed by atoms with Gasteiger partial charge in [-0.2, -0.15) is 0 Å². The molecule has 0 spiro atoms. The van der Waals surface area contributed by atoms with Crippen molar-refractivity contribution in [1.29, 1.82) is 0 Å². The Bertz CT molecular complexity index is 669. The van der Waals surface area contributed by atoms with Gasteiger partial charge in [-0.05, 0) is 42.0 Å². The van der Waals surface area contributed by atoms with Crippen LogP contribution in [0, 0.1) is 0 Å². The molecular formula is C15H14BrNO3. The maximum atomic E-state index is 12.3. The SMILES string of the molecule is CCN(CC(=O)O)C(=O)c1ccc2cc(Br)ccc2c1. The van der Waals surface area contributed by atoms with E-state index in [0.29, 0.717) is 12.1 Å². The summed E-state index contributed by atoms with van der Waals surface area (Å²) in [5.74, 6) is -1.27. The van der Waals surface area contributed by atoms with Crippen molar-refractivity contribution in [3.8, 4) is 0 Å². The lowest BCUT2D eigenvalue weighted by atomic mass is 10.1. The number of amides is 1. The number of hydrogen-bond acceptors (Lipinski definition) is 2. The molecule has 1 amide bonds. The van der Waals surface area contributed by atoms with Crippen molar-refractivity contribution >= 4 is 38.6 Å². The fourth-order valence-corrected chi connectivity index (χ4v) is 2.40. The second-order valence-electron chi connectivity index (χ2n) is 4.42. The van der Waals surface area contributed by atoms with Crippen LogP contribution >= 0.6 is 15.9 Å². The Balaban J connectivity index is 2.34. The maximum absolute atomic E-state index is 12.3. The smallest absolute Gasteiger partial charge is 0.323 e. The van der Waals surface area contributed by atoms with E-state index < -0.39 is 5.97 Å². The summed E-state index contributed by atoms with van der Waals surface area (Å²) in [4.78, 5) is 24.3. The van der Waals surface area contributed by atoms with Crippen LogP contribution in [-0.4, -0.2) is 35.0 Å². The van der Waals surface area contributed by atoms with E-state index in [2.05, 4.69) is 15.9 Å². The van der Waals surface area contributed by atoms with Gasteiger partial charge in [-0.3, -0.25) is 9.59 Å². The third-order valence-corrected chi connectivity index (χ3v) is 3.54. The van der Waals surface area contributed by atoms with Crippen LogP contribution in [0.1, 0.15) is 17.3 Å². The Hall–Kier alpha value is -1.88. The number of halogens is 1. The Labute approximate surface area is 125 Å². The molecular weight excluding hydrogens is 322 g/mol. The van der Waals surface area contributed by atoms with E-state index in [1.807, 2.05) is 24.3 Å². The largest absolute Gasteiger partial charge is 0.480 e. The molecule has 4 nitrogen and oxygen atoms in total. The fraction of sp³-hybridized carbons (Fsp3) is 0.200. The van der Waals surface area contributed by atoms with E-state index in [1.165, 1.54) is 4.90 Å². The highest BCUT2D eigenvalue weighted by molar-refractivity contribution is 9.10. The summed E-state index contributed by atoms with van der Waals surface area (Å²) < 4.78 is 0.977. The normalized spacial score (nSPS) is 10.5. The van der Waals surface area contributed by atoms with Crippen molar-refractivity contribution in [2.45, 2.75) is 6.92 Å². The Kier molecular flexibility index (Phi) is 4.39. The molecule has 0 aromatic heterocycles. The Morgan fingerprint density at radius 2 is 1.80 bits per heavy atom. The first-order valence-corrected chi connectivity index (χ1v) is 7.01. The third-order valence-electron chi connectivity index (χ3n) is 3.04. The second-order valence-corrected chi connectivity index (χ2v) is 5.33. The molecule has 5 heteroatoms. The van der Waals surface area contributed by atoms with Gasteiger partial charge in [-0.1, -0.05) is 28.1 Å². The summed E-state index contributed by atoms with van der Waals surface area (Å²) in [5.41, 5.74) is 0.503. The molecule has 2 aromatic rings. The summed E-state index contributed by atoms with van der Waals surface area (Å²) in [7, 11) is 0. The van der Waals surface area contributed by atoms with Crippen LogP contribution in [0.3, 0.4) is 0 Å². The lowest BCUT2D eigenvalue weighted by Gasteiger charge is -2.18. The summed E-state index contributed by atoms with van der Waals surface area (Å²) >= 11 is 3.40. The molecule has 0 aliphatic heterocycles. The van der Waals surface area contributed by atoms with E-state index in [-0.39, 0.29) is 12.5 Å². The molecule has 0 saturated heterocycles. The summed E-state index contributed by atoms with van der Waals surface area (Å²) in [5, 5.41) is 10.8. The van der Waals surface area contributed by atoms with E-state index in [1.54, 1.807) is 19.1 Å².